The molecule has 1 heterocycles. The monoisotopic (exact) mass is 203 g/mol. The van der Waals surface area contributed by atoms with E-state index in [9.17, 15) is 4.79 Å². The van der Waals surface area contributed by atoms with Crippen LogP contribution < -0.4 is 5.90 Å². The smallest absolute Gasteiger partial charge is 0.306 e. The van der Waals surface area contributed by atoms with Gasteiger partial charge in [-0.1, -0.05) is 0 Å². The van der Waals surface area contributed by atoms with Crippen LogP contribution in [0.3, 0.4) is 0 Å². The molecule has 1 aliphatic heterocycles. The Bertz CT molecular complexity index is 184. The Labute approximate surface area is 83.4 Å². The second-order valence-corrected chi connectivity index (χ2v) is 3.68. The molecule has 0 atom stereocenters. The third-order valence-electron chi connectivity index (χ3n) is 2.69. The largest absolute Gasteiger partial charge is 0.469 e. The van der Waals surface area contributed by atoms with Crippen molar-refractivity contribution in [3.8, 4) is 0 Å². The summed E-state index contributed by atoms with van der Waals surface area (Å²) in [6, 6.07) is 0. The van der Waals surface area contributed by atoms with Gasteiger partial charge in [0, 0.05) is 18.6 Å². The van der Waals surface area contributed by atoms with Crippen LogP contribution in [0.15, 0.2) is 0 Å². The van der Waals surface area contributed by atoms with Crippen LogP contribution in [-0.2, 0) is 19.1 Å². The first-order valence-corrected chi connectivity index (χ1v) is 4.69. The second-order valence-electron chi connectivity index (χ2n) is 3.68. The summed E-state index contributed by atoms with van der Waals surface area (Å²) >= 11 is 0. The predicted octanol–water partition coefficient (Wildman–Crippen LogP) is 0.237. The number of hydrogen-bond acceptors (Lipinski definition) is 5. The van der Waals surface area contributed by atoms with Crippen molar-refractivity contribution in [3.05, 3.63) is 0 Å². The number of carbonyl (C=O) groups excluding carboxylic acids is 1. The highest BCUT2D eigenvalue weighted by atomic mass is 16.6. The second kappa shape index (κ2) is 5.29. The highest BCUT2D eigenvalue weighted by Gasteiger charge is 2.35. The molecule has 0 unspecified atom stereocenters. The van der Waals surface area contributed by atoms with Gasteiger partial charge in [0.15, 0.2) is 0 Å². The van der Waals surface area contributed by atoms with Gasteiger partial charge in [0.05, 0.1) is 20.1 Å². The summed E-state index contributed by atoms with van der Waals surface area (Å²) < 4.78 is 9.89. The Morgan fingerprint density at radius 1 is 1.50 bits per heavy atom. The molecule has 2 N–H and O–H groups in total. The zero-order valence-electron chi connectivity index (χ0n) is 8.45. The molecule has 0 bridgehead atoms. The average molecular weight is 203 g/mol. The van der Waals surface area contributed by atoms with Gasteiger partial charge in [-0.2, -0.15) is 0 Å². The Balaban J connectivity index is 2.55. The lowest BCUT2D eigenvalue weighted by Crippen LogP contribution is -2.37. The van der Waals surface area contributed by atoms with Gasteiger partial charge in [-0.25, -0.2) is 5.90 Å². The molecule has 82 valence electrons. The maximum absolute atomic E-state index is 11.2. The van der Waals surface area contributed by atoms with Gasteiger partial charge in [0.25, 0.3) is 0 Å². The van der Waals surface area contributed by atoms with Crippen LogP contribution in [0, 0.1) is 5.41 Å². The quantitative estimate of drug-likeness (QED) is 0.523. The van der Waals surface area contributed by atoms with Gasteiger partial charge in [-0.05, 0) is 12.8 Å². The van der Waals surface area contributed by atoms with Crippen LogP contribution in [0.25, 0.3) is 0 Å². The van der Waals surface area contributed by atoms with Crippen LogP contribution >= 0.6 is 0 Å². The van der Waals surface area contributed by atoms with Crippen molar-refractivity contribution in [2.24, 2.45) is 11.3 Å². The molecule has 0 amide bonds. The van der Waals surface area contributed by atoms with Gasteiger partial charge in [0.2, 0.25) is 0 Å². The Hall–Kier alpha value is -0.650. The number of carbonyl (C=O) groups is 1. The summed E-state index contributed by atoms with van der Waals surface area (Å²) in [5.41, 5.74) is -0.194. The summed E-state index contributed by atoms with van der Waals surface area (Å²) in [6.07, 6.45) is 1.93. The van der Waals surface area contributed by atoms with E-state index in [2.05, 4.69) is 9.57 Å². The molecule has 5 nitrogen and oxygen atoms in total. The number of esters is 1. The van der Waals surface area contributed by atoms with Crippen molar-refractivity contribution in [1.29, 1.82) is 0 Å². The van der Waals surface area contributed by atoms with Crippen LogP contribution in [0.5, 0.6) is 0 Å². The number of rotatable bonds is 4. The molecule has 0 radical (unpaired) electrons. The normalized spacial score (nSPS) is 20.4. The van der Waals surface area contributed by atoms with E-state index in [0.717, 1.165) is 12.8 Å². The SMILES string of the molecule is COC(=O)CC1(CON)CCOCC1. The molecule has 1 aliphatic rings. The molecule has 14 heavy (non-hydrogen) atoms. The van der Waals surface area contributed by atoms with E-state index in [1.165, 1.54) is 7.11 Å². The first-order valence-electron chi connectivity index (χ1n) is 4.69. The summed E-state index contributed by atoms with van der Waals surface area (Å²) in [7, 11) is 1.39. The fraction of sp³-hybridized carbons (Fsp3) is 0.889. The molecule has 5 heteroatoms. The molecule has 1 rings (SSSR count). The highest BCUT2D eigenvalue weighted by molar-refractivity contribution is 5.70. The summed E-state index contributed by atoms with van der Waals surface area (Å²) in [5.74, 6) is 4.85. The Morgan fingerprint density at radius 3 is 2.64 bits per heavy atom. The van der Waals surface area contributed by atoms with Crippen molar-refractivity contribution in [2.75, 3.05) is 26.9 Å². The number of nitrogens with two attached hydrogens (primary N) is 1. The minimum Gasteiger partial charge on any atom is -0.469 e. The summed E-state index contributed by atoms with van der Waals surface area (Å²) in [6.45, 7) is 1.69. The minimum absolute atomic E-state index is 0.194. The van der Waals surface area contributed by atoms with E-state index in [0.29, 0.717) is 26.2 Å². The van der Waals surface area contributed by atoms with Crippen LogP contribution in [-0.4, -0.2) is 32.9 Å². The lowest BCUT2D eigenvalue weighted by molar-refractivity contribution is -0.147. The number of methoxy groups -OCH3 is 1. The summed E-state index contributed by atoms with van der Waals surface area (Å²) in [4.78, 5) is 15.9. The van der Waals surface area contributed by atoms with Gasteiger partial charge >= 0.3 is 5.97 Å². The zero-order chi connectivity index (χ0) is 10.4. The number of ether oxygens (including phenoxy) is 2. The molecule has 0 aliphatic carbocycles. The third kappa shape index (κ3) is 2.94. The molecule has 1 fully saturated rings. The van der Waals surface area contributed by atoms with E-state index in [4.69, 9.17) is 10.6 Å². The van der Waals surface area contributed by atoms with Crippen molar-refractivity contribution in [1.82, 2.24) is 0 Å². The van der Waals surface area contributed by atoms with Gasteiger partial charge in [0.1, 0.15) is 0 Å². The van der Waals surface area contributed by atoms with Crippen LogP contribution in [0.4, 0.5) is 0 Å². The van der Waals surface area contributed by atoms with Crippen molar-refractivity contribution < 1.29 is 19.1 Å². The van der Waals surface area contributed by atoms with Crippen molar-refractivity contribution >= 4 is 5.97 Å². The predicted molar refractivity (Wildman–Crippen MR) is 49.3 cm³/mol. The Morgan fingerprint density at radius 2 is 2.14 bits per heavy atom. The molecule has 0 saturated carbocycles. The third-order valence-corrected chi connectivity index (χ3v) is 2.69. The standard InChI is InChI=1S/C9H17NO4/c1-12-8(11)6-9(7-14-10)2-4-13-5-3-9/h2-7,10H2,1H3. The van der Waals surface area contributed by atoms with E-state index < -0.39 is 0 Å². The van der Waals surface area contributed by atoms with Crippen molar-refractivity contribution in [3.63, 3.8) is 0 Å². The molecule has 1 saturated heterocycles. The molecule has 0 aromatic rings. The molecular weight excluding hydrogens is 186 g/mol. The van der Waals surface area contributed by atoms with E-state index in [1.807, 2.05) is 0 Å². The fourth-order valence-corrected chi connectivity index (χ4v) is 1.73. The Kier molecular flexibility index (Phi) is 4.31. The minimum atomic E-state index is -0.219. The first kappa shape index (κ1) is 11.4. The fourth-order valence-electron chi connectivity index (χ4n) is 1.73. The lowest BCUT2D eigenvalue weighted by atomic mass is 9.78. The topological polar surface area (TPSA) is 70.8 Å². The van der Waals surface area contributed by atoms with Crippen molar-refractivity contribution in [2.45, 2.75) is 19.3 Å². The maximum atomic E-state index is 11.2. The lowest BCUT2D eigenvalue weighted by Gasteiger charge is -2.35. The molecule has 0 aromatic carbocycles. The van der Waals surface area contributed by atoms with E-state index >= 15 is 0 Å². The number of hydrogen-bond donors (Lipinski definition) is 1. The van der Waals surface area contributed by atoms with Gasteiger partial charge < -0.3 is 14.3 Å². The van der Waals surface area contributed by atoms with Gasteiger partial charge in [-0.3, -0.25) is 4.79 Å². The van der Waals surface area contributed by atoms with E-state index in [1.54, 1.807) is 0 Å². The van der Waals surface area contributed by atoms with Crippen LogP contribution in [0.2, 0.25) is 0 Å². The van der Waals surface area contributed by atoms with E-state index in [-0.39, 0.29) is 11.4 Å². The highest BCUT2D eigenvalue weighted by Crippen LogP contribution is 2.34. The summed E-state index contributed by atoms with van der Waals surface area (Å²) in [5, 5.41) is 0. The van der Waals surface area contributed by atoms with Gasteiger partial charge in [-0.15, -0.1) is 0 Å². The molecule has 0 aromatic heterocycles. The molecular formula is C9H17NO4. The van der Waals surface area contributed by atoms with Crippen LogP contribution in [0.1, 0.15) is 19.3 Å². The zero-order valence-corrected chi connectivity index (χ0v) is 8.45. The average Bonchev–Trinajstić information content (AvgIpc) is 2.19. The maximum Gasteiger partial charge on any atom is 0.306 e. The first-order chi connectivity index (χ1) is 6.72. The molecule has 0 spiro atoms.